The maximum Gasteiger partial charge on any atom is 0.208 e. The smallest absolute Gasteiger partial charge is 0.208 e. The zero-order chi connectivity index (χ0) is 6.78. The minimum Gasteiger partial charge on any atom is -0.299 e. The summed E-state index contributed by atoms with van der Waals surface area (Å²) in [4.78, 5) is 0. The van der Waals surface area contributed by atoms with Crippen molar-refractivity contribution in [3.05, 3.63) is 0 Å². The Bertz CT molecular complexity index is 107. The van der Waals surface area contributed by atoms with Crippen LogP contribution in [0.15, 0.2) is 0 Å². The first-order chi connectivity index (χ1) is 3.42. The number of hydrogen-bond acceptors (Lipinski definition) is 1. The van der Waals surface area contributed by atoms with E-state index in [-0.39, 0.29) is 0 Å². The molecule has 50 valence electrons. The van der Waals surface area contributed by atoms with Crippen LogP contribution in [0.4, 0.5) is 0 Å². The molecule has 0 fully saturated rings. The van der Waals surface area contributed by atoms with Crippen LogP contribution in [0, 0.1) is 5.92 Å². The van der Waals surface area contributed by atoms with Crippen molar-refractivity contribution in [2.24, 2.45) is 5.92 Å². The lowest BCUT2D eigenvalue weighted by Gasteiger charge is -2.03. The molecule has 0 spiro atoms. The van der Waals surface area contributed by atoms with Crippen LogP contribution >= 0.6 is 35.5 Å². The van der Waals surface area contributed by atoms with Crippen LogP contribution in [0.3, 0.4) is 0 Å². The van der Waals surface area contributed by atoms with Crippen LogP contribution in [0.1, 0.15) is 13.8 Å². The fraction of sp³-hybridized carbons (Fsp3) is 1.00. The molecule has 0 aromatic rings. The largest absolute Gasteiger partial charge is 0.299 e. The maximum absolute atomic E-state index is 10.9. The molecule has 0 unspecified atom stereocenters. The number of hydrogen-bond donors (Lipinski definition) is 0. The molecule has 0 aliphatic rings. The zero-order valence-corrected chi connectivity index (χ0v) is 8.96. The normalized spacial score (nSPS) is 12.6. The van der Waals surface area contributed by atoms with Crippen LogP contribution in [0.2, 0.25) is 0 Å². The molecule has 0 aliphatic heterocycles. The highest BCUT2D eigenvalue weighted by Crippen LogP contribution is 2.62. The van der Waals surface area contributed by atoms with Crippen LogP contribution in [-0.2, 0) is 4.57 Å². The van der Waals surface area contributed by atoms with Crippen LogP contribution < -0.4 is 0 Å². The first kappa shape index (κ1) is 9.19. The average Bonchev–Trinajstić information content (AvgIpc) is 1.21. The third-order valence-corrected chi connectivity index (χ3v) is 3.47. The molecule has 0 aliphatic carbocycles. The molecular formula is C4H9Br2OP. The molecule has 4 heteroatoms. The maximum atomic E-state index is 10.9. The lowest BCUT2D eigenvalue weighted by Crippen LogP contribution is -1.89. The predicted octanol–water partition coefficient (Wildman–Crippen LogP) is 3.63. The van der Waals surface area contributed by atoms with E-state index in [0.29, 0.717) is 12.1 Å². The summed E-state index contributed by atoms with van der Waals surface area (Å²) in [6.45, 7) is 4.07. The topological polar surface area (TPSA) is 17.1 Å². The molecule has 1 nitrogen and oxygen atoms in total. The van der Waals surface area contributed by atoms with Crippen LogP contribution in [0.25, 0.3) is 0 Å². The van der Waals surface area contributed by atoms with Gasteiger partial charge in [0.25, 0.3) is 0 Å². The summed E-state index contributed by atoms with van der Waals surface area (Å²) in [6.07, 6.45) is 0.715. The molecule has 0 rings (SSSR count). The van der Waals surface area contributed by atoms with E-state index in [1.807, 2.05) is 13.8 Å². The van der Waals surface area contributed by atoms with Crippen LogP contribution in [0.5, 0.6) is 0 Å². The van der Waals surface area contributed by atoms with Crippen molar-refractivity contribution in [1.82, 2.24) is 0 Å². The summed E-state index contributed by atoms with van der Waals surface area (Å²) in [7, 11) is 0. The van der Waals surface area contributed by atoms with Gasteiger partial charge < -0.3 is 0 Å². The highest BCUT2D eigenvalue weighted by molar-refractivity contribution is 9.70. The Morgan fingerprint density at radius 3 is 1.88 bits per heavy atom. The summed E-state index contributed by atoms with van der Waals surface area (Å²) in [5.74, 6) is 0.486. The van der Waals surface area contributed by atoms with Crippen molar-refractivity contribution < 1.29 is 4.57 Å². The molecule has 0 aromatic carbocycles. The monoisotopic (exact) mass is 262 g/mol. The zero-order valence-electron chi connectivity index (χ0n) is 4.90. The van der Waals surface area contributed by atoms with E-state index in [0.717, 1.165) is 0 Å². The van der Waals surface area contributed by atoms with Gasteiger partial charge in [-0.25, -0.2) is 0 Å². The lowest BCUT2D eigenvalue weighted by atomic mass is 10.3. The minimum absolute atomic E-state index is 0.486. The lowest BCUT2D eigenvalue weighted by molar-refractivity contribution is 0.587. The van der Waals surface area contributed by atoms with E-state index in [1.54, 1.807) is 0 Å². The molecular weight excluding hydrogens is 255 g/mol. The molecule has 8 heavy (non-hydrogen) atoms. The average molecular weight is 264 g/mol. The molecule has 0 aromatic heterocycles. The molecule has 0 bridgehead atoms. The molecule has 0 amide bonds. The van der Waals surface area contributed by atoms with Gasteiger partial charge in [-0.2, -0.15) is 0 Å². The van der Waals surface area contributed by atoms with Gasteiger partial charge in [0.1, 0.15) is 0 Å². The molecule has 0 atom stereocenters. The first-order valence-corrected chi connectivity index (χ1v) is 8.33. The van der Waals surface area contributed by atoms with Gasteiger partial charge in [-0.3, -0.25) is 4.57 Å². The van der Waals surface area contributed by atoms with Crippen molar-refractivity contribution in [2.75, 3.05) is 6.16 Å². The van der Waals surface area contributed by atoms with Gasteiger partial charge in [-0.05, 0) is 36.9 Å². The van der Waals surface area contributed by atoms with Crippen molar-refractivity contribution in [1.29, 1.82) is 0 Å². The second-order valence-electron chi connectivity index (χ2n) is 2.15. The Morgan fingerprint density at radius 1 is 1.50 bits per heavy atom. The minimum atomic E-state index is -2.10. The van der Waals surface area contributed by atoms with Crippen molar-refractivity contribution in [3.8, 4) is 0 Å². The summed E-state index contributed by atoms with van der Waals surface area (Å²) in [5.41, 5.74) is 0. The number of rotatable bonds is 2. The van der Waals surface area contributed by atoms with E-state index >= 15 is 0 Å². The van der Waals surface area contributed by atoms with Crippen LogP contribution in [-0.4, -0.2) is 6.16 Å². The fourth-order valence-electron chi connectivity index (χ4n) is 0.425. The second kappa shape index (κ2) is 3.38. The van der Waals surface area contributed by atoms with E-state index in [1.165, 1.54) is 0 Å². The summed E-state index contributed by atoms with van der Waals surface area (Å²) in [6, 6.07) is 0. The van der Waals surface area contributed by atoms with Gasteiger partial charge in [-0.1, -0.05) is 13.8 Å². The Kier molecular flexibility index (Phi) is 3.88. The van der Waals surface area contributed by atoms with Crippen molar-refractivity contribution >= 4 is 35.5 Å². The third kappa shape index (κ3) is 7.19. The van der Waals surface area contributed by atoms with Gasteiger partial charge in [-0.15, -0.1) is 0 Å². The third-order valence-electron chi connectivity index (χ3n) is 0.578. The van der Waals surface area contributed by atoms with Gasteiger partial charge in [0.15, 0.2) is 0 Å². The van der Waals surface area contributed by atoms with Gasteiger partial charge in [0.05, 0.1) is 0 Å². The first-order valence-electron chi connectivity index (χ1n) is 2.40. The van der Waals surface area contributed by atoms with E-state index in [9.17, 15) is 4.57 Å². The molecule has 0 heterocycles. The fourth-order valence-corrected chi connectivity index (χ4v) is 4.75. The highest BCUT2D eigenvalue weighted by atomic mass is 79.9. The Labute approximate surface area is 66.1 Å². The Morgan fingerprint density at radius 2 is 1.88 bits per heavy atom. The van der Waals surface area contributed by atoms with E-state index < -0.39 is 4.55 Å². The van der Waals surface area contributed by atoms with E-state index in [2.05, 4.69) is 31.0 Å². The van der Waals surface area contributed by atoms with E-state index in [4.69, 9.17) is 0 Å². The molecule has 0 saturated heterocycles. The molecule has 0 saturated carbocycles. The molecule has 0 radical (unpaired) electrons. The standard InChI is InChI=1S/C4H9Br2OP/c1-4(2)3-8(5,6)7/h4H,3H2,1-2H3. The SMILES string of the molecule is CC(C)CP(=O)(Br)Br. The predicted molar refractivity (Wildman–Crippen MR) is 45.2 cm³/mol. The quantitative estimate of drug-likeness (QED) is 0.696. The van der Waals surface area contributed by atoms with Gasteiger partial charge in [0, 0.05) is 6.16 Å². The van der Waals surface area contributed by atoms with Crippen molar-refractivity contribution in [3.63, 3.8) is 0 Å². The van der Waals surface area contributed by atoms with Crippen molar-refractivity contribution in [2.45, 2.75) is 13.8 Å². The second-order valence-corrected chi connectivity index (χ2v) is 13.4. The molecule has 0 N–H and O–H groups in total. The Hall–Kier alpha value is 1.19. The summed E-state index contributed by atoms with van der Waals surface area (Å²) in [5, 5.41) is 0. The highest BCUT2D eigenvalue weighted by Gasteiger charge is 2.13. The van der Waals surface area contributed by atoms with Gasteiger partial charge >= 0.3 is 0 Å². The summed E-state index contributed by atoms with van der Waals surface area (Å²) < 4.78 is 8.76. The summed E-state index contributed by atoms with van der Waals surface area (Å²) >= 11 is 6.10. The van der Waals surface area contributed by atoms with Gasteiger partial charge in [0.2, 0.25) is 4.55 Å². The Balaban J connectivity index is 3.56. The number of halogens is 2.